The molecule has 2 amide bonds. The summed E-state index contributed by atoms with van der Waals surface area (Å²) in [6, 6.07) is 5.15. The summed E-state index contributed by atoms with van der Waals surface area (Å²) in [6.07, 6.45) is 6.00. The Morgan fingerprint density at radius 3 is 3.00 bits per heavy atom. The lowest BCUT2D eigenvalue weighted by molar-refractivity contribution is 0.157. The third-order valence-corrected chi connectivity index (χ3v) is 5.92. The highest BCUT2D eigenvalue weighted by atomic mass is 35.5. The van der Waals surface area contributed by atoms with Gasteiger partial charge in [-0.1, -0.05) is 11.6 Å². The van der Waals surface area contributed by atoms with Crippen molar-refractivity contribution in [1.82, 2.24) is 14.9 Å². The number of carbonyl (C=O) groups excluding carboxylic acids is 1. The van der Waals surface area contributed by atoms with E-state index in [1.165, 1.54) is 5.56 Å². The van der Waals surface area contributed by atoms with Crippen LogP contribution in [0.1, 0.15) is 36.3 Å². The molecule has 4 rings (SSSR count). The van der Waals surface area contributed by atoms with E-state index in [0.29, 0.717) is 23.0 Å². The van der Waals surface area contributed by atoms with E-state index >= 15 is 0 Å². The maximum Gasteiger partial charge on any atom is 0.321 e. The SMILES string of the molecule is COc1ccc(NC(=O)N2CCCC3(CCc4cnc(C)nc43)C2)cc1Cl. The van der Waals surface area contributed by atoms with Gasteiger partial charge in [0.25, 0.3) is 0 Å². The Labute approximate surface area is 163 Å². The number of hydrogen-bond donors (Lipinski definition) is 1. The number of piperidine rings is 1. The van der Waals surface area contributed by atoms with Gasteiger partial charge >= 0.3 is 6.03 Å². The molecule has 1 aromatic heterocycles. The lowest BCUT2D eigenvalue weighted by atomic mass is 9.77. The standard InChI is InChI=1S/C20H23ClN4O2/c1-13-22-11-14-6-8-20(18(14)23-13)7-3-9-25(12-20)19(26)24-15-4-5-17(27-2)16(21)10-15/h4-5,10-11H,3,6-9,12H2,1-2H3,(H,24,26). The molecule has 1 unspecified atom stereocenters. The zero-order valence-corrected chi connectivity index (χ0v) is 16.3. The normalized spacial score (nSPS) is 21.2. The molecule has 1 spiro atoms. The number of hydrogen-bond acceptors (Lipinski definition) is 4. The zero-order valence-electron chi connectivity index (χ0n) is 15.6. The predicted octanol–water partition coefficient (Wildman–Crippen LogP) is 3.96. The Morgan fingerprint density at radius 1 is 1.37 bits per heavy atom. The van der Waals surface area contributed by atoms with Gasteiger partial charge in [0.15, 0.2) is 0 Å². The number of fused-ring (bicyclic) bond motifs is 2. The lowest BCUT2D eigenvalue weighted by Gasteiger charge is -2.40. The van der Waals surface area contributed by atoms with Gasteiger partial charge in [-0.3, -0.25) is 0 Å². The first-order valence-electron chi connectivity index (χ1n) is 9.23. The predicted molar refractivity (Wildman–Crippen MR) is 105 cm³/mol. The van der Waals surface area contributed by atoms with E-state index in [2.05, 4.69) is 10.3 Å². The highest BCUT2D eigenvalue weighted by molar-refractivity contribution is 6.32. The fourth-order valence-corrected chi connectivity index (χ4v) is 4.54. The number of urea groups is 1. The van der Waals surface area contributed by atoms with Crippen LogP contribution in [0.2, 0.25) is 5.02 Å². The molecule has 1 aromatic carbocycles. The van der Waals surface area contributed by atoms with Crippen molar-refractivity contribution in [3.63, 3.8) is 0 Å². The molecule has 1 atom stereocenters. The molecule has 6 nitrogen and oxygen atoms in total. The summed E-state index contributed by atoms with van der Waals surface area (Å²) in [5, 5.41) is 3.43. The van der Waals surface area contributed by atoms with Gasteiger partial charge in [0.2, 0.25) is 0 Å². The van der Waals surface area contributed by atoms with Crippen LogP contribution in [0.15, 0.2) is 24.4 Å². The number of anilines is 1. The summed E-state index contributed by atoms with van der Waals surface area (Å²) in [7, 11) is 1.57. The molecule has 27 heavy (non-hydrogen) atoms. The van der Waals surface area contributed by atoms with Crippen LogP contribution in [0.4, 0.5) is 10.5 Å². The molecule has 7 heteroatoms. The van der Waals surface area contributed by atoms with Crippen LogP contribution in [-0.2, 0) is 11.8 Å². The molecule has 1 aliphatic carbocycles. The van der Waals surface area contributed by atoms with Gasteiger partial charge in [0.05, 0.1) is 17.8 Å². The quantitative estimate of drug-likeness (QED) is 0.848. The summed E-state index contributed by atoms with van der Waals surface area (Å²) >= 11 is 6.16. The Morgan fingerprint density at radius 2 is 2.22 bits per heavy atom. The number of carbonyl (C=O) groups is 1. The molecular weight excluding hydrogens is 364 g/mol. The van der Waals surface area contributed by atoms with Gasteiger partial charge in [0.1, 0.15) is 11.6 Å². The first kappa shape index (κ1) is 18.0. The molecule has 2 heterocycles. The molecule has 1 saturated heterocycles. The largest absolute Gasteiger partial charge is 0.495 e. The summed E-state index contributed by atoms with van der Waals surface area (Å²) in [6.45, 7) is 3.36. The highest BCUT2D eigenvalue weighted by Gasteiger charge is 2.44. The minimum absolute atomic E-state index is 0.0455. The van der Waals surface area contributed by atoms with Gasteiger partial charge in [-0.05, 0) is 56.4 Å². The Balaban J connectivity index is 1.52. The van der Waals surface area contributed by atoms with E-state index in [0.717, 1.165) is 43.7 Å². The smallest absolute Gasteiger partial charge is 0.321 e. The minimum atomic E-state index is -0.102. The van der Waals surface area contributed by atoms with Crippen molar-refractivity contribution < 1.29 is 9.53 Å². The summed E-state index contributed by atoms with van der Waals surface area (Å²) in [5.74, 6) is 1.38. The molecule has 1 fully saturated rings. The third kappa shape index (κ3) is 3.34. The molecule has 0 bridgehead atoms. The third-order valence-electron chi connectivity index (χ3n) is 5.63. The van der Waals surface area contributed by atoms with Gasteiger partial charge in [-0.25, -0.2) is 14.8 Å². The Bertz CT molecular complexity index is 884. The monoisotopic (exact) mass is 386 g/mol. The number of aryl methyl sites for hydroxylation is 2. The number of likely N-dealkylation sites (tertiary alicyclic amines) is 1. The number of aromatic nitrogens is 2. The number of amides is 2. The fraction of sp³-hybridized carbons (Fsp3) is 0.450. The summed E-state index contributed by atoms with van der Waals surface area (Å²) in [5.41, 5.74) is 2.98. The van der Waals surface area contributed by atoms with Crippen molar-refractivity contribution >= 4 is 23.3 Å². The van der Waals surface area contributed by atoms with E-state index < -0.39 is 0 Å². The first-order valence-corrected chi connectivity index (χ1v) is 9.61. The van der Waals surface area contributed by atoms with Gasteiger partial charge in [-0.2, -0.15) is 0 Å². The Kier molecular flexibility index (Phi) is 4.68. The molecule has 2 aromatic rings. The molecule has 0 saturated carbocycles. The number of rotatable bonds is 2. The van der Waals surface area contributed by atoms with Crippen molar-refractivity contribution in [2.24, 2.45) is 0 Å². The van der Waals surface area contributed by atoms with Crippen molar-refractivity contribution in [3.05, 3.63) is 46.5 Å². The van der Waals surface area contributed by atoms with Crippen molar-refractivity contribution in [1.29, 1.82) is 0 Å². The van der Waals surface area contributed by atoms with Gasteiger partial charge in [0, 0.05) is 30.4 Å². The molecule has 0 radical (unpaired) electrons. The number of ether oxygens (including phenoxy) is 1. The molecule has 142 valence electrons. The van der Waals surface area contributed by atoms with E-state index in [4.69, 9.17) is 21.3 Å². The number of methoxy groups -OCH3 is 1. The maximum atomic E-state index is 12.9. The highest BCUT2D eigenvalue weighted by Crippen LogP contribution is 2.43. The van der Waals surface area contributed by atoms with Crippen LogP contribution in [0.25, 0.3) is 0 Å². The summed E-state index contributed by atoms with van der Waals surface area (Å²) < 4.78 is 5.16. The number of halogens is 1. The van der Waals surface area contributed by atoms with E-state index in [1.807, 2.05) is 18.0 Å². The van der Waals surface area contributed by atoms with Gasteiger partial charge in [-0.15, -0.1) is 0 Å². The molecule has 1 aliphatic heterocycles. The second kappa shape index (κ2) is 7.00. The minimum Gasteiger partial charge on any atom is -0.495 e. The van der Waals surface area contributed by atoms with Crippen LogP contribution < -0.4 is 10.1 Å². The second-order valence-corrected chi connectivity index (χ2v) is 7.78. The summed E-state index contributed by atoms with van der Waals surface area (Å²) in [4.78, 5) is 23.8. The maximum absolute atomic E-state index is 12.9. The van der Waals surface area contributed by atoms with Crippen LogP contribution >= 0.6 is 11.6 Å². The van der Waals surface area contributed by atoms with Crippen molar-refractivity contribution in [2.75, 3.05) is 25.5 Å². The zero-order chi connectivity index (χ0) is 19.0. The van der Waals surface area contributed by atoms with E-state index in [9.17, 15) is 4.79 Å². The first-order chi connectivity index (χ1) is 13.0. The number of nitrogens with zero attached hydrogens (tertiary/aromatic N) is 3. The second-order valence-electron chi connectivity index (χ2n) is 7.38. The number of benzene rings is 1. The van der Waals surface area contributed by atoms with E-state index in [-0.39, 0.29) is 11.4 Å². The van der Waals surface area contributed by atoms with Crippen LogP contribution in [0, 0.1) is 6.92 Å². The van der Waals surface area contributed by atoms with Crippen molar-refractivity contribution in [3.8, 4) is 5.75 Å². The lowest BCUT2D eigenvalue weighted by Crippen LogP contribution is -2.49. The van der Waals surface area contributed by atoms with E-state index in [1.54, 1.807) is 25.3 Å². The van der Waals surface area contributed by atoms with Crippen LogP contribution in [-0.4, -0.2) is 41.1 Å². The average molecular weight is 387 g/mol. The molecule has 1 N–H and O–H groups in total. The fourth-order valence-electron chi connectivity index (χ4n) is 4.28. The van der Waals surface area contributed by atoms with Crippen molar-refractivity contribution in [2.45, 2.75) is 38.0 Å². The number of nitrogens with one attached hydrogen (secondary N) is 1. The molecular formula is C20H23ClN4O2. The van der Waals surface area contributed by atoms with Crippen LogP contribution in [0.3, 0.4) is 0 Å². The van der Waals surface area contributed by atoms with Gasteiger partial charge < -0.3 is 15.0 Å². The topological polar surface area (TPSA) is 67.3 Å². The Hall–Kier alpha value is -2.34. The molecule has 2 aliphatic rings. The average Bonchev–Trinajstić information content (AvgIpc) is 2.99. The van der Waals surface area contributed by atoms with Crippen LogP contribution in [0.5, 0.6) is 5.75 Å².